The quantitative estimate of drug-likeness (QED) is 0.672. The van der Waals surface area contributed by atoms with Crippen molar-refractivity contribution >= 4 is 10.0 Å². The summed E-state index contributed by atoms with van der Waals surface area (Å²) in [4.78, 5) is 0. The Morgan fingerprint density at radius 2 is 2.05 bits per heavy atom. The van der Waals surface area contributed by atoms with E-state index in [0.29, 0.717) is 24.8 Å². The molecular weight excluding hydrogens is 264 g/mol. The maximum Gasteiger partial charge on any atom is 0.214 e. The number of ether oxygens (including phenoxy) is 1. The Hall–Kier alpha value is -0.170. The highest BCUT2D eigenvalue weighted by Crippen LogP contribution is 2.32. The predicted octanol–water partition coefficient (Wildman–Crippen LogP) is 0.817. The smallest absolute Gasteiger partial charge is 0.214 e. The highest BCUT2D eigenvalue weighted by molar-refractivity contribution is 7.89. The molecule has 6 heteroatoms. The zero-order chi connectivity index (χ0) is 13.7. The summed E-state index contributed by atoms with van der Waals surface area (Å²) in [5.41, 5.74) is 0. The van der Waals surface area contributed by atoms with Crippen LogP contribution in [0.2, 0.25) is 0 Å². The molecule has 0 amide bonds. The van der Waals surface area contributed by atoms with Crippen molar-refractivity contribution in [3.05, 3.63) is 0 Å². The molecule has 1 saturated heterocycles. The Balaban J connectivity index is 1.87. The molecule has 0 aromatic rings. The van der Waals surface area contributed by atoms with Crippen LogP contribution in [0, 0.1) is 5.92 Å². The molecule has 112 valence electrons. The second-order valence-corrected chi connectivity index (χ2v) is 7.65. The van der Waals surface area contributed by atoms with Crippen LogP contribution in [0.5, 0.6) is 0 Å². The van der Waals surface area contributed by atoms with Crippen molar-refractivity contribution in [2.24, 2.45) is 5.92 Å². The largest absolute Gasteiger partial charge is 0.383 e. The van der Waals surface area contributed by atoms with Gasteiger partial charge in [-0.1, -0.05) is 6.42 Å². The fourth-order valence-electron chi connectivity index (χ4n) is 2.67. The summed E-state index contributed by atoms with van der Waals surface area (Å²) in [7, 11) is -1.37. The van der Waals surface area contributed by atoms with Gasteiger partial charge in [-0.2, -0.15) is 4.31 Å². The van der Waals surface area contributed by atoms with Gasteiger partial charge in [0.05, 0.1) is 12.4 Å². The Morgan fingerprint density at radius 1 is 1.26 bits per heavy atom. The number of rotatable bonds is 8. The van der Waals surface area contributed by atoms with Crippen LogP contribution in [0.15, 0.2) is 0 Å². The van der Waals surface area contributed by atoms with Gasteiger partial charge in [0.15, 0.2) is 0 Å². The van der Waals surface area contributed by atoms with Crippen LogP contribution < -0.4 is 5.32 Å². The van der Waals surface area contributed by atoms with Gasteiger partial charge in [0.2, 0.25) is 10.0 Å². The molecule has 1 unspecified atom stereocenters. The molecule has 0 spiro atoms. The Morgan fingerprint density at radius 3 is 2.74 bits per heavy atom. The lowest BCUT2D eigenvalue weighted by Crippen LogP contribution is -2.49. The lowest BCUT2D eigenvalue weighted by Gasteiger charge is -2.35. The van der Waals surface area contributed by atoms with E-state index in [4.69, 9.17) is 4.74 Å². The van der Waals surface area contributed by atoms with Crippen LogP contribution in [0.1, 0.15) is 32.1 Å². The number of sulfonamides is 1. The van der Waals surface area contributed by atoms with Crippen molar-refractivity contribution in [3.8, 4) is 0 Å². The molecule has 5 nitrogen and oxygen atoms in total. The molecule has 1 atom stereocenters. The molecule has 19 heavy (non-hydrogen) atoms. The molecule has 0 bridgehead atoms. The van der Waals surface area contributed by atoms with Crippen LogP contribution in [0.4, 0.5) is 0 Å². The third kappa shape index (κ3) is 4.70. The van der Waals surface area contributed by atoms with Gasteiger partial charge in [-0.15, -0.1) is 0 Å². The fourth-order valence-corrected chi connectivity index (χ4v) is 4.83. The van der Waals surface area contributed by atoms with Gasteiger partial charge in [0, 0.05) is 32.8 Å². The monoisotopic (exact) mass is 290 g/mol. The lowest BCUT2D eigenvalue weighted by molar-refractivity contribution is 0.191. The number of nitrogens with one attached hydrogen (secondary N) is 1. The molecule has 1 saturated carbocycles. The van der Waals surface area contributed by atoms with Gasteiger partial charge in [0.25, 0.3) is 0 Å². The SMILES string of the molecule is COCCNCC1CCCCN1S(=O)(=O)CC1CC1. The Kier molecular flexibility index (Phi) is 5.62. The first-order chi connectivity index (χ1) is 9.13. The minimum atomic E-state index is -3.05. The van der Waals surface area contributed by atoms with Crippen LogP contribution >= 0.6 is 0 Å². The van der Waals surface area contributed by atoms with E-state index < -0.39 is 10.0 Å². The van der Waals surface area contributed by atoms with E-state index in [9.17, 15) is 8.42 Å². The van der Waals surface area contributed by atoms with Gasteiger partial charge in [-0.05, 0) is 31.6 Å². The van der Waals surface area contributed by atoms with Crippen molar-refractivity contribution in [1.29, 1.82) is 0 Å². The van der Waals surface area contributed by atoms with E-state index >= 15 is 0 Å². The van der Waals surface area contributed by atoms with Gasteiger partial charge in [-0.25, -0.2) is 8.42 Å². The van der Waals surface area contributed by atoms with E-state index in [1.54, 1.807) is 11.4 Å². The summed E-state index contributed by atoms with van der Waals surface area (Å²) in [6.45, 7) is 2.89. The zero-order valence-electron chi connectivity index (χ0n) is 11.8. The summed E-state index contributed by atoms with van der Waals surface area (Å²) in [6, 6.07) is 0.134. The standard InChI is InChI=1S/C13H26N2O3S/c1-18-9-7-14-10-13-4-2-3-8-15(13)19(16,17)11-12-5-6-12/h12-14H,2-11H2,1H3. The molecule has 2 rings (SSSR count). The van der Waals surface area contributed by atoms with Crippen molar-refractivity contribution in [3.63, 3.8) is 0 Å². The van der Waals surface area contributed by atoms with Crippen LogP contribution in [-0.2, 0) is 14.8 Å². The molecule has 0 radical (unpaired) electrons. The summed E-state index contributed by atoms with van der Waals surface area (Å²) in [5, 5.41) is 3.30. The number of hydrogen-bond donors (Lipinski definition) is 1. The molecule has 0 aromatic heterocycles. The maximum atomic E-state index is 12.4. The van der Waals surface area contributed by atoms with Crippen molar-refractivity contribution in [2.45, 2.75) is 38.1 Å². The third-order valence-electron chi connectivity index (χ3n) is 3.94. The highest BCUT2D eigenvalue weighted by atomic mass is 32.2. The summed E-state index contributed by atoms with van der Waals surface area (Å²) in [5.74, 6) is 0.788. The van der Waals surface area contributed by atoms with Gasteiger partial charge in [0.1, 0.15) is 0 Å². The van der Waals surface area contributed by atoms with Gasteiger partial charge >= 0.3 is 0 Å². The van der Waals surface area contributed by atoms with Crippen LogP contribution in [0.25, 0.3) is 0 Å². The number of methoxy groups -OCH3 is 1. The highest BCUT2D eigenvalue weighted by Gasteiger charge is 2.36. The van der Waals surface area contributed by atoms with Gasteiger partial charge < -0.3 is 10.1 Å². The fraction of sp³-hybridized carbons (Fsp3) is 1.00. The normalized spacial score (nSPS) is 25.6. The Bertz CT molecular complexity index is 368. The zero-order valence-corrected chi connectivity index (χ0v) is 12.6. The van der Waals surface area contributed by atoms with E-state index in [2.05, 4.69) is 5.32 Å². The predicted molar refractivity (Wildman–Crippen MR) is 75.6 cm³/mol. The number of nitrogens with zero attached hydrogens (tertiary/aromatic N) is 1. The molecule has 1 aliphatic carbocycles. The summed E-state index contributed by atoms with van der Waals surface area (Å²) in [6.07, 6.45) is 5.28. The average Bonchev–Trinajstić information content (AvgIpc) is 3.18. The Labute approximate surface area is 116 Å². The molecule has 0 aromatic carbocycles. The topological polar surface area (TPSA) is 58.6 Å². The van der Waals surface area contributed by atoms with E-state index in [1.807, 2.05) is 0 Å². The van der Waals surface area contributed by atoms with Crippen molar-refractivity contribution < 1.29 is 13.2 Å². The summed E-state index contributed by atoms with van der Waals surface area (Å²) < 4.78 is 31.6. The van der Waals surface area contributed by atoms with E-state index in [-0.39, 0.29) is 6.04 Å². The molecular formula is C13H26N2O3S. The minimum Gasteiger partial charge on any atom is -0.383 e. The molecule has 2 aliphatic rings. The lowest BCUT2D eigenvalue weighted by atomic mass is 10.1. The summed E-state index contributed by atoms with van der Waals surface area (Å²) >= 11 is 0. The first kappa shape index (κ1) is 15.2. The van der Waals surface area contributed by atoms with E-state index in [1.165, 1.54) is 0 Å². The first-order valence-electron chi connectivity index (χ1n) is 7.32. The average molecular weight is 290 g/mol. The molecule has 1 heterocycles. The second-order valence-electron chi connectivity index (χ2n) is 5.68. The van der Waals surface area contributed by atoms with Crippen molar-refractivity contribution in [2.75, 3.05) is 39.1 Å². The molecule has 2 fully saturated rings. The maximum absolute atomic E-state index is 12.4. The molecule has 1 N–H and O–H groups in total. The number of hydrogen-bond acceptors (Lipinski definition) is 4. The molecule has 1 aliphatic heterocycles. The van der Waals surface area contributed by atoms with Crippen molar-refractivity contribution in [1.82, 2.24) is 9.62 Å². The minimum absolute atomic E-state index is 0.134. The third-order valence-corrected chi connectivity index (χ3v) is 6.02. The van der Waals surface area contributed by atoms with E-state index in [0.717, 1.165) is 45.2 Å². The first-order valence-corrected chi connectivity index (χ1v) is 8.93. The van der Waals surface area contributed by atoms with Crippen LogP contribution in [0.3, 0.4) is 0 Å². The second kappa shape index (κ2) is 7.02. The van der Waals surface area contributed by atoms with Crippen LogP contribution in [-0.4, -0.2) is 57.9 Å². The number of piperidine rings is 1. The van der Waals surface area contributed by atoms with Gasteiger partial charge in [-0.3, -0.25) is 0 Å².